The molecule has 1 aromatic carbocycles. The number of amides is 1. The number of benzene rings is 1. The van der Waals surface area contributed by atoms with Crippen LogP contribution in [0.5, 0.6) is 11.5 Å². The maximum atomic E-state index is 12.3. The summed E-state index contributed by atoms with van der Waals surface area (Å²) in [6.07, 6.45) is 2.76. The number of aromatic amines is 1. The van der Waals surface area contributed by atoms with Gasteiger partial charge < -0.3 is 20.5 Å². The van der Waals surface area contributed by atoms with Crippen molar-refractivity contribution >= 4 is 27.4 Å². The number of carbonyl (C=O) groups is 1. The first-order valence-electron chi connectivity index (χ1n) is 7.31. The second-order valence-electron chi connectivity index (χ2n) is 5.23. The Labute approximate surface area is 148 Å². The van der Waals surface area contributed by atoms with E-state index in [2.05, 4.69) is 20.0 Å². The monoisotopic (exact) mass is 374 g/mol. The molecule has 3 aromatic rings. The van der Waals surface area contributed by atoms with Crippen LogP contribution in [-0.2, 0) is 10.0 Å². The second kappa shape index (κ2) is 6.76. The van der Waals surface area contributed by atoms with E-state index in [-0.39, 0.29) is 33.6 Å². The van der Waals surface area contributed by atoms with E-state index in [4.69, 9.17) is 0 Å². The van der Waals surface area contributed by atoms with E-state index in [9.17, 15) is 23.4 Å². The third-order valence-corrected chi connectivity index (χ3v) is 4.66. The zero-order valence-corrected chi connectivity index (χ0v) is 14.0. The molecular weight excluding hydrogens is 360 g/mol. The fourth-order valence-electron chi connectivity index (χ4n) is 2.11. The highest BCUT2D eigenvalue weighted by Crippen LogP contribution is 2.27. The Kier molecular flexibility index (Phi) is 4.50. The molecule has 3 rings (SSSR count). The molecule has 134 valence electrons. The van der Waals surface area contributed by atoms with Crippen LogP contribution in [0.2, 0.25) is 0 Å². The van der Waals surface area contributed by atoms with Gasteiger partial charge in [0.2, 0.25) is 0 Å². The molecule has 0 saturated carbocycles. The number of nitrogens with zero attached hydrogens (tertiary/aromatic N) is 1. The molecule has 0 aliphatic carbocycles. The average molecular weight is 374 g/mol. The number of aromatic hydroxyl groups is 2. The van der Waals surface area contributed by atoms with E-state index >= 15 is 0 Å². The predicted octanol–water partition coefficient (Wildman–Crippen LogP) is 1.87. The van der Waals surface area contributed by atoms with Gasteiger partial charge in [0.1, 0.15) is 5.82 Å². The molecule has 0 aliphatic rings. The summed E-state index contributed by atoms with van der Waals surface area (Å²) in [5.74, 6) is -1.26. The number of nitrogens with one attached hydrogen (secondary N) is 3. The molecule has 2 heterocycles. The van der Waals surface area contributed by atoms with E-state index in [1.54, 1.807) is 6.07 Å². The lowest BCUT2D eigenvalue weighted by molar-refractivity contribution is 0.102. The van der Waals surface area contributed by atoms with Crippen molar-refractivity contribution in [3.8, 4) is 11.5 Å². The summed E-state index contributed by atoms with van der Waals surface area (Å²) < 4.78 is 26.6. The molecule has 0 bridgehead atoms. The SMILES string of the molecule is O=C(Nc1ccc(O)c(O)c1)c1ccnc(NS(=O)(=O)c2ccc[nH]2)c1. The van der Waals surface area contributed by atoms with Crippen LogP contribution in [0, 0.1) is 0 Å². The molecular formula is C16H14N4O5S. The zero-order chi connectivity index (χ0) is 18.7. The number of H-pyrrole nitrogens is 1. The minimum Gasteiger partial charge on any atom is -0.504 e. The van der Waals surface area contributed by atoms with Crippen molar-refractivity contribution in [3.63, 3.8) is 0 Å². The lowest BCUT2D eigenvalue weighted by Crippen LogP contribution is -2.16. The molecule has 0 radical (unpaired) electrons. The number of aromatic nitrogens is 2. The second-order valence-corrected chi connectivity index (χ2v) is 6.88. The number of carbonyl (C=O) groups excluding carboxylic acids is 1. The van der Waals surface area contributed by atoms with Crippen LogP contribution in [0.15, 0.2) is 59.9 Å². The zero-order valence-electron chi connectivity index (χ0n) is 13.2. The van der Waals surface area contributed by atoms with Crippen LogP contribution in [0.25, 0.3) is 0 Å². The van der Waals surface area contributed by atoms with Crippen LogP contribution >= 0.6 is 0 Å². The van der Waals surface area contributed by atoms with Crippen LogP contribution in [0.1, 0.15) is 10.4 Å². The summed E-state index contributed by atoms with van der Waals surface area (Å²) in [4.78, 5) is 18.8. The van der Waals surface area contributed by atoms with E-state index in [0.717, 1.165) is 0 Å². The predicted molar refractivity (Wildman–Crippen MR) is 93.6 cm³/mol. The van der Waals surface area contributed by atoms with Gasteiger partial charge in [0, 0.05) is 29.7 Å². The van der Waals surface area contributed by atoms with Gasteiger partial charge in [-0.3, -0.25) is 9.52 Å². The number of phenols is 2. The van der Waals surface area contributed by atoms with Crippen molar-refractivity contribution in [3.05, 3.63) is 60.4 Å². The number of phenolic OH excluding ortho intramolecular Hbond substituents is 2. The van der Waals surface area contributed by atoms with Crippen molar-refractivity contribution in [2.45, 2.75) is 5.03 Å². The first-order valence-corrected chi connectivity index (χ1v) is 8.79. The molecule has 10 heteroatoms. The van der Waals surface area contributed by atoms with Crippen molar-refractivity contribution in [1.29, 1.82) is 0 Å². The number of pyridine rings is 1. The first kappa shape index (κ1) is 17.3. The molecule has 5 N–H and O–H groups in total. The average Bonchev–Trinajstić information content (AvgIpc) is 3.14. The minimum atomic E-state index is -3.84. The van der Waals surface area contributed by atoms with Gasteiger partial charge in [0.15, 0.2) is 16.5 Å². The lowest BCUT2D eigenvalue weighted by Gasteiger charge is -2.09. The molecule has 0 fully saturated rings. The smallest absolute Gasteiger partial charge is 0.278 e. The number of rotatable bonds is 5. The van der Waals surface area contributed by atoms with Gasteiger partial charge in [-0.15, -0.1) is 0 Å². The number of hydrogen-bond acceptors (Lipinski definition) is 6. The minimum absolute atomic E-state index is 0.0270. The molecule has 2 aromatic heterocycles. The third-order valence-electron chi connectivity index (χ3n) is 3.35. The Bertz CT molecular complexity index is 1050. The molecule has 0 aliphatic heterocycles. The largest absolute Gasteiger partial charge is 0.504 e. The van der Waals surface area contributed by atoms with Gasteiger partial charge in [-0.2, -0.15) is 8.42 Å². The maximum absolute atomic E-state index is 12.3. The Morgan fingerprint density at radius 2 is 1.88 bits per heavy atom. The van der Waals surface area contributed by atoms with Crippen LogP contribution in [-0.4, -0.2) is 34.5 Å². The molecule has 1 amide bonds. The molecule has 9 nitrogen and oxygen atoms in total. The summed E-state index contributed by atoms with van der Waals surface area (Å²) in [6.45, 7) is 0. The number of anilines is 2. The van der Waals surface area contributed by atoms with Crippen molar-refractivity contribution in [1.82, 2.24) is 9.97 Å². The third kappa shape index (κ3) is 3.75. The van der Waals surface area contributed by atoms with Gasteiger partial charge in [-0.1, -0.05) is 0 Å². The summed E-state index contributed by atoms with van der Waals surface area (Å²) >= 11 is 0. The summed E-state index contributed by atoms with van der Waals surface area (Å²) in [5, 5.41) is 21.2. The lowest BCUT2D eigenvalue weighted by atomic mass is 10.2. The van der Waals surface area contributed by atoms with Gasteiger partial charge in [0.25, 0.3) is 15.9 Å². The van der Waals surface area contributed by atoms with Gasteiger partial charge >= 0.3 is 0 Å². The van der Waals surface area contributed by atoms with Gasteiger partial charge in [-0.25, -0.2) is 4.98 Å². The Morgan fingerprint density at radius 3 is 2.58 bits per heavy atom. The highest BCUT2D eigenvalue weighted by atomic mass is 32.2. The topological polar surface area (TPSA) is 144 Å². The summed E-state index contributed by atoms with van der Waals surface area (Å²) in [7, 11) is -3.84. The fourth-order valence-corrected chi connectivity index (χ4v) is 3.08. The number of sulfonamides is 1. The highest BCUT2D eigenvalue weighted by molar-refractivity contribution is 7.92. The van der Waals surface area contributed by atoms with Crippen LogP contribution < -0.4 is 10.0 Å². The van der Waals surface area contributed by atoms with E-state index < -0.39 is 15.9 Å². The first-order chi connectivity index (χ1) is 12.3. The van der Waals surface area contributed by atoms with Crippen LogP contribution in [0.4, 0.5) is 11.5 Å². The Hall–Kier alpha value is -3.53. The number of hydrogen-bond donors (Lipinski definition) is 5. The molecule has 0 saturated heterocycles. The maximum Gasteiger partial charge on any atom is 0.278 e. The molecule has 26 heavy (non-hydrogen) atoms. The van der Waals surface area contributed by atoms with E-state index in [0.29, 0.717) is 0 Å². The quantitative estimate of drug-likeness (QED) is 0.341. The van der Waals surface area contributed by atoms with Crippen molar-refractivity contribution < 1.29 is 23.4 Å². The van der Waals surface area contributed by atoms with Crippen LogP contribution in [0.3, 0.4) is 0 Å². The summed E-state index contributed by atoms with van der Waals surface area (Å²) in [6, 6.07) is 9.42. The standard InChI is InChI=1S/C16H14N4O5S/c21-12-4-3-11(9-13(12)22)19-16(23)10-5-7-17-14(8-10)20-26(24,25)15-2-1-6-18-15/h1-9,18,21-22H,(H,17,20)(H,19,23). The van der Waals surface area contributed by atoms with Crippen molar-refractivity contribution in [2.24, 2.45) is 0 Å². The van der Waals surface area contributed by atoms with Gasteiger partial charge in [0.05, 0.1) is 0 Å². The molecule has 0 unspecified atom stereocenters. The normalized spacial score (nSPS) is 11.1. The Morgan fingerprint density at radius 1 is 1.08 bits per heavy atom. The highest BCUT2D eigenvalue weighted by Gasteiger charge is 2.16. The Balaban J connectivity index is 1.78. The molecule has 0 spiro atoms. The molecule has 0 atom stereocenters. The van der Waals surface area contributed by atoms with E-state index in [1.165, 1.54) is 48.8 Å². The summed E-state index contributed by atoms with van der Waals surface area (Å²) in [5.41, 5.74) is 0.410. The van der Waals surface area contributed by atoms with Crippen molar-refractivity contribution in [2.75, 3.05) is 10.0 Å². The fraction of sp³-hybridized carbons (Fsp3) is 0. The van der Waals surface area contributed by atoms with E-state index in [1.807, 2.05) is 0 Å². The van der Waals surface area contributed by atoms with Gasteiger partial charge in [-0.05, 0) is 36.4 Å².